The molecule has 6 heteroatoms. The number of nitrogens with two attached hydrogens (primary N) is 2. The van der Waals surface area contributed by atoms with Crippen LogP contribution in [0.2, 0.25) is 0 Å². The number of rotatable bonds is 3. The zero-order chi connectivity index (χ0) is 14.0. The first kappa shape index (κ1) is 13.6. The minimum absolute atomic E-state index is 0.337. The van der Waals surface area contributed by atoms with Gasteiger partial charge in [0.2, 0.25) is 5.91 Å². The van der Waals surface area contributed by atoms with E-state index in [-0.39, 0.29) is 11.7 Å². The standard InChI is InChI=1S/C13H19FN4O/c1-17-13(12(16)19)5-7-18(8-6-13)11-9(14)3-2-4-10(11)15/h2-4,17H,5-8,15H2,1H3,(H2,16,19). The number of halogens is 1. The zero-order valence-corrected chi connectivity index (χ0v) is 10.9. The maximum Gasteiger partial charge on any atom is 0.237 e. The van der Waals surface area contributed by atoms with Gasteiger partial charge < -0.3 is 21.7 Å². The van der Waals surface area contributed by atoms with Gasteiger partial charge in [0.15, 0.2) is 0 Å². The van der Waals surface area contributed by atoms with Crippen LogP contribution in [-0.2, 0) is 4.79 Å². The van der Waals surface area contributed by atoms with Crippen molar-refractivity contribution in [2.45, 2.75) is 18.4 Å². The summed E-state index contributed by atoms with van der Waals surface area (Å²) in [6.07, 6.45) is 1.07. The first-order valence-electron chi connectivity index (χ1n) is 6.28. The van der Waals surface area contributed by atoms with E-state index in [0.29, 0.717) is 37.3 Å². The van der Waals surface area contributed by atoms with E-state index in [1.54, 1.807) is 19.2 Å². The molecule has 0 bridgehead atoms. The Balaban J connectivity index is 2.18. The summed E-state index contributed by atoms with van der Waals surface area (Å²) in [6, 6.07) is 4.64. The Labute approximate surface area is 111 Å². The second kappa shape index (κ2) is 5.05. The van der Waals surface area contributed by atoms with Gasteiger partial charge in [0.1, 0.15) is 11.4 Å². The van der Waals surface area contributed by atoms with Crippen molar-refractivity contribution in [3.05, 3.63) is 24.0 Å². The molecule has 1 aromatic rings. The van der Waals surface area contributed by atoms with Crippen LogP contribution in [0.4, 0.5) is 15.8 Å². The van der Waals surface area contributed by atoms with E-state index in [1.807, 2.05) is 4.90 Å². The van der Waals surface area contributed by atoms with Crippen molar-refractivity contribution in [2.24, 2.45) is 5.73 Å². The second-order valence-corrected chi connectivity index (χ2v) is 4.86. The molecule has 5 nitrogen and oxygen atoms in total. The first-order valence-corrected chi connectivity index (χ1v) is 6.28. The summed E-state index contributed by atoms with van der Waals surface area (Å²) in [5.74, 6) is -0.702. The predicted molar refractivity (Wildman–Crippen MR) is 73.2 cm³/mol. The number of amides is 1. The Morgan fingerprint density at radius 2 is 2.05 bits per heavy atom. The van der Waals surface area contributed by atoms with Crippen LogP contribution < -0.4 is 21.7 Å². The van der Waals surface area contributed by atoms with Crippen molar-refractivity contribution in [3.63, 3.8) is 0 Å². The number of nitrogens with zero attached hydrogens (tertiary/aromatic N) is 1. The third kappa shape index (κ3) is 2.35. The Hall–Kier alpha value is -1.82. The number of carbonyl (C=O) groups excluding carboxylic acids is 1. The highest BCUT2D eigenvalue weighted by molar-refractivity contribution is 5.85. The summed E-state index contributed by atoms with van der Waals surface area (Å²) in [4.78, 5) is 13.4. The Morgan fingerprint density at radius 3 is 2.53 bits per heavy atom. The second-order valence-electron chi connectivity index (χ2n) is 4.86. The number of nitrogen functional groups attached to an aromatic ring is 1. The minimum Gasteiger partial charge on any atom is -0.397 e. The van der Waals surface area contributed by atoms with Crippen LogP contribution in [0.25, 0.3) is 0 Å². The van der Waals surface area contributed by atoms with Crippen molar-refractivity contribution in [2.75, 3.05) is 30.8 Å². The van der Waals surface area contributed by atoms with Crippen LogP contribution in [0.5, 0.6) is 0 Å². The lowest BCUT2D eigenvalue weighted by molar-refractivity contribution is -0.125. The largest absolute Gasteiger partial charge is 0.397 e. The lowest BCUT2D eigenvalue weighted by Crippen LogP contribution is -2.59. The van der Waals surface area contributed by atoms with Crippen LogP contribution in [-0.4, -0.2) is 31.6 Å². The maximum absolute atomic E-state index is 13.8. The fourth-order valence-corrected chi connectivity index (χ4v) is 2.60. The summed E-state index contributed by atoms with van der Waals surface area (Å²) >= 11 is 0. The van der Waals surface area contributed by atoms with Gasteiger partial charge in [0.25, 0.3) is 0 Å². The molecule has 0 atom stereocenters. The molecule has 0 spiro atoms. The van der Waals surface area contributed by atoms with E-state index < -0.39 is 5.54 Å². The van der Waals surface area contributed by atoms with Gasteiger partial charge in [-0.05, 0) is 32.0 Å². The molecule has 1 aromatic carbocycles. The predicted octanol–water partition coefficient (Wildman–Crippen LogP) is 0.452. The molecule has 1 fully saturated rings. The van der Waals surface area contributed by atoms with Crippen LogP contribution in [0.1, 0.15) is 12.8 Å². The average Bonchev–Trinajstić information content (AvgIpc) is 2.39. The number of piperidine rings is 1. The lowest BCUT2D eigenvalue weighted by Gasteiger charge is -2.40. The highest BCUT2D eigenvalue weighted by atomic mass is 19.1. The summed E-state index contributed by atoms with van der Waals surface area (Å²) in [6.45, 7) is 1.07. The van der Waals surface area contributed by atoms with Crippen molar-refractivity contribution >= 4 is 17.3 Å². The number of benzene rings is 1. The monoisotopic (exact) mass is 266 g/mol. The van der Waals surface area contributed by atoms with Crippen molar-refractivity contribution in [3.8, 4) is 0 Å². The number of para-hydroxylation sites is 1. The van der Waals surface area contributed by atoms with E-state index in [1.165, 1.54) is 6.07 Å². The molecule has 104 valence electrons. The molecule has 1 heterocycles. The smallest absolute Gasteiger partial charge is 0.237 e. The highest BCUT2D eigenvalue weighted by Gasteiger charge is 2.39. The van der Waals surface area contributed by atoms with Crippen molar-refractivity contribution < 1.29 is 9.18 Å². The van der Waals surface area contributed by atoms with E-state index in [2.05, 4.69) is 5.32 Å². The van der Waals surface area contributed by atoms with Gasteiger partial charge in [0, 0.05) is 13.1 Å². The number of hydrogen-bond acceptors (Lipinski definition) is 4. The van der Waals surface area contributed by atoms with E-state index >= 15 is 0 Å². The molecule has 0 aliphatic carbocycles. The number of hydrogen-bond donors (Lipinski definition) is 3. The molecule has 1 saturated heterocycles. The normalized spacial score (nSPS) is 18.3. The fourth-order valence-electron chi connectivity index (χ4n) is 2.60. The SMILES string of the molecule is CNC1(C(N)=O)CCN(c2c(N)cccc2F)CC1. The number of nitrogens with one attached hydrogen (secondary N) is 1. The maximum atomic E-state index is 13.8. The van der Waals surface area contributed by atoms with Gasteiger partial charge in [-0.1, -0.05) is 6.07 Å². The molecule has 0 radical (unpaired) electrons. The van der Waals surface area contributed by atoms with Gasteiger partial charge in [-0.15, -0.1) is 0 Å². The first-order chi connectivity index (χ1) is 9.00. The molecule has 0 saturated carbocycles. The third-order valence-electron chi connectivity index (χ3n) is 3.90. The topological polar surface area (TPSA) is 84.4 Å². The zero-order valence-electron chi connectivity index (χ0n) is 10.9. The Kier molecular flexibility index (Phi) is 3.61. The van der Waals surface area contributed by atoms with Gasteiger partial charge in [-0.2, -0.15) is 0 Å². The van der Waals surface area contributed by atoms with Gasteiger partial charge in [0.05, 0.1) is 11.4 Å². The average molecular weight is 266 g/mol. The van der Waals surface area contributed by atoms with Gasteiger partial charge >= 0.3 is 0 Å². The molecule has 0 unspecified atom stereocenters. The molecule has 5 N–H and O–H groups in total. The molecular formula is C13H19FN4O. The molecule has 0 aromatic heterocycles. The van der Waals surface area contributed by atoms with Crippen LogP contribution in [0, 0.1) is 5.82 Å². The van der Waals surface area contributed by atoms with Crippen LogP contribution in [0.3, 0.4) is 0 Å². The van der Waals surface area contributed by atoms with Crippen LogP contribution in [0.15, 0.2) is 18.2 Å². The van der Waals surface area contributed by atoms with Crippen molar-refractivity contribution in [1.29, 1.82) is 0 Å². The van der Waals surface area contributed by atoms with Gasteiger partial charge in [-0.3, -0.25) is 4.79 Å². The van der Waals surface area contributed by atoms with Gasteiger partial charge in [-0.25, -0.2) is 4.39 Å². The molecule has 19 heavy (non-hydrogen) atoms. The Morgan fingerprint density at radius 1 is 1.42 bits per heavy atom. The number of primary amides is 1. The van der Waals surface area contributed by atoms with Crippen LogP contribution >= 0.6 is 0 Å². The molecule has 2 rings (SSSR count). The third-order valence-corrected chi connectivity index (χ3v) is 3.90. The fraction of sp³-hybridized carbons (Fsp3) is 0.462. The molecule has 1 aliphatic heterocycles. The lowest BCUT2D eigenvalue weighted by atomic mass is 9.86. The number of anilines is 2. The number of carbonyl (C=O) groups is 1. The summed E-state index contributed by atoms with van der Waals surface area (Å²) in [5, 5.41) is 2.99. The quantitative estimate of drug-likeness (QED) is 0.694. The van der Waals surface area contributed by atoms with E-state index in [0.717, 1.165) is 0 Å². The van der Waals surface area contributed by atoms with E-state index in [9.17, 15) is 9.18 Å². The summed E-state index contributed by atoms with van der Waals surface area (Å²) in [5.41, 5.74) is 11.4. The summed E-state index contributed by atoms with van der Waals surface area (Å²) < 4.78 is 13.8. The van der Waals surface area contributed by atoms with E-state index in [4.69, 9.17) is 11.5 Å². The molecule has 1 aliphatic rings. The molecular weight excluding hydrogens is 247 g/mol. The Bertz CT molecular complexity index is 463. The minimum atomic E-state index is -0.698. The highest BCUT2D eigenvalue weighted by Crippen LogP contribution is 2.31. The van der Waals surface area contributed by atoms with Crippen molar-refractivity contribution in [1.82, 2.24) is 5.32 Å². The summed E-state index contributed by atoms with van der Waals surface area (Å²) in [7, 11) is 1.72. The number of likely N-dealkylation sites (N-methyl/N-ethyl adjacent to an activating group) is 1. The molecule has 1 amide bonds.